The lowest BCUT2D eigenvalue weighted by molar-refractivity contribution is -0.143. The molecule has 0 bridgehead atoms. The highest BCUT2D eigenvalue weighted by molar-refractivity contribution is 5.92. The Hall–Kier alpha value is -1.14. The normalized spacial score (nSPS) is 19.9. The van der Waals surface area contributed by atoms with Crippen molar-refractivity contribution >= 4 is 11.9 Å². The molecule has 1 aliphatic rings. The maximum Gasteiger partial charge on any atom is 0.328 e. The zero-order valence-corrected chi connectivity index (χ0v) is 7.95. The summed E-state index contributed by atoms with van der Waals surface area (Å²) in [7, 11) is 1.37. The fourth-order valence-corrected chi connectivity index (χ4v) is 1.01. The lowest BCUT2D eigenvalue weighted by atomic mass is 10.2. The van der Waals surface area contributed by atoms with Gasteiger partial charge >= 0.3 is 5.97 Å². The predicted octanol–water partition coefficient (Wildman–Crippen LogP) is -1.31. The van der Waals surface area contributed by atoms with E-state index >= 15 is 0 Å². The van der Waals surface area contributed by atoms with Crippen LogP contribution in [0.3, 0.4) is 0 Å². The molecule has 1 saturated carbocycles. The summed E-state index contributed by atoms with van der Waals surface area (Å²) in [5.41, 5.74) is 4.74. The molecule has 6 nitrogen and oxygen atoms in total. The van der Waals surface area contributed by atoms with E-state index in [9.17, 15) is 9.59 Å². The lowest BCUT2D eigenvalue weighted by Gasteiger charge is -2.16. The van der Waals surface area contributed by atoms with Crippen molar-refractivity contribution in [3.8, 4) is 0 Å². The van der Waals surface area contributed by atoms with Gasteiger partial charge < -0.3 is 20.9 Å². The van der Waals surface area contributed by atoms with Gasteiger partial charge in [-0.2, -0.15) is 0 Å². The van der Waals surface area contributed by atoms with Gasteiger partial charge in [0.15, 0.2) is 6.04 Å². The number of nitrogens with two attached hydrogens (primary N) is 1. The van der Waals surface area contributed by atoms with Crippen LogP contribution in [0.4, 0.5) is 0 Å². The van der Waals surface area contributed by atoms with Crippen LogP contribution in [0.5, 0.6) is 0 Å². The standard InChI is InChI=1S/C8H14N2O4/c1-14-4-5(6(11)12)10-7(13)8(9)2-3-8/h5H,2-4,9H2,1H3,(H,10,13)(H,11,12). The average Bonchev–Trinajstić information content (AvgIpc) is 2.84. The Morgan fingerprint density at radius 1 is 1.64 bits per heavy atom. The van der Waals surface area contributed by atoms with Gasteiger partial charge in [0.05, 0.1) is 12.1 Å². The van der Waals surface area contributed by atoms with Crippen LogP contribution in [0.1, 0.15) is 12.8 Å². The first-order valence-corrected chi connectivity index (χ1v) is 4.31. The summed E-state index contributed by atoms with van der Waals surface area (Å²) < 4.78 is 4.66. The summed E-state index contributed by atoms with van der Waals surface area (Å²) in [5, 5.41) is 11.0. The van der Waals surface area contributed by atoms with Gasteiger partial charge in [-0.3, -0.25) is 4.79 Å². The second-order valence-corrected chi connectivity index (χ2v) is 3.48. The molecule has 0 aromatic rings. The average molecular weight is 202 g/mol. The topological polar surface area (TPSA) is 102 Å². The van der Waals surface area contributed by atoms with Crippen LogP contribution < -0.4 is 11.1 Å². The number of nitrogens with one attached hydrogen (secondary N) is 1. The van der Waals surface area contributed by atoms with Gasteiger partial charge in [0.2, 0.25) is 5.91 Å². The zero-order valence-electron chi connectivity index (χ0n) is 7.95. The number of amides is 1. The van der Waals surface area contributed by atoms with Crippen molar-refractivity contribution in [1.29, 1.82) is 0 Å². The van der Waals surface area contributed by atoms with Crippen LogP contribution in [-0.2, 0) is 14.3 Å². The molecule has 14 heavy (non-hydrogen) atoms. The molecule has 1 unspecified atom stereocenters. The third-order valence-electron chi connectivity index (χ3n) is 2.18. The monoisotopic (exact) mass is 202 g/mol. The van der Waals surface area contributed by atoms with E-state index < -0.39 is 23.5 Å². The summed E-state index contributed by atoms with van der Waals surface area (Å²) in [4.78, 5) is 22.0. The van der Waals surface area contributed by atoms with Gasteiger partial charge in [-0.1, -0.05) is 0 Å². The molecule has 4 N–H and O–H groups in total. The van der Waals surface area contributed by atoms with Crippen molar-refractivity contribution in [2.45, 2.75) is 24.4 Å². The summed E-state index contributed by atoms with van der Waals surface area (Å²) in [5.74, 6) is -1.54. The molecule has 1 atom stereocenters. The molecular weight excluding hydrogens is 188 g/mol. The third kappa shape index (κ3) is 2.43. The molecule has 0 aromatic heterocycles. The summed E-state index contributed by atoms with van der Waals surface area (Å²) in [6.07, 6.45) is 1.22. The first kappa shape index (κ1) is 10.9. The van der Waals surface area contributed by atoms with Gasteiger partial charge in [-0.25, -0.2) is 4.79 Å². The number of carbonyl (C=O) groups is 2. The summed E-state index contributed by atoms with van der Waals surface area (Å²) >= 11 is 0. The number of carboxylic acid groups (broad SMARTS) is 1. The molecule has 1 amide bonds. The molecule has 80 valence electrons. The maximum absolute atomic E-state index is 11.4. The van der Waals surface area contributed by atoms with E-state index in [1.165, 1.54) is 7.11 Å². The highest BCUT2D eigenvalue weighted by Gasteiger charge is 2.46. The number of ether oxygens (including phenoxy) is 1. The van der Waals surface area contributed by atoms with Crippen LogP contribution >= 0.6 is 0 Å². The van der Waals surface area contributed by atoms with E-state index in [0.29, 0.717) is 12.8 Å². The fraction of sp³-hybridized carbons (Fsp3) is 0.750. The second kappa shape index (κ2) is 3.93. The molecule has 0 spiro atoms. The van der Waals surface area contributed by atoms with Crippen molar-refractivity contribution < 1.29 is 19.4 Å². The van der Waals surface area contributed by atoms with Crippen LogP contribution in [0.2, 0.25) is 0 Å². The van der Waals surface area contributed by atoms with E-state index in [1.807, 2.05) is 0 Å². The van der Waals surface area contributed by atoms with Gasteiger partial charge in [-0.15, -0.1) is 0 Å². The lowest BCUT2D eigenvalue weighted by Crippen LogP contribution is -2.51. The molecule has 6 heteroatoms. The van der Waals surface area contributed by atoms with E-state index in [2.05, 4.69) is 10.1 Å². The minimum Gasteiger partial charge on any atom is -0.480 e. The Bertz CT molecular complexity index is 250. The van der Waals surface area contributed by atoms with Gasteiger partial charge in [-0.05, 0) is 12.8 Å². The van der Waals surface area contributed by atoms with E-state index in [0.717, 1.165) is 0 Å². The van der Waals surface area contributed by atoms with E-state index in [-0.39, 0.29) is 6.61 Å². The highest BCUT2D eigenvalue weighted by atomic mass is 16.5. The van der Waals surface area contributed by atoms with Crippen LogP contribution in [-0.4, -0.2) is 42.3 Å². The largest absolute Gasteiger partial charge is 0.480 e. The number of carbonyl (C=O) groups excluding carboxylic acids is 1. The van der Waals surface area contributed by atoms with Gasteiger partial charge in [0.25, 0.3) is 0 Å². The maximum atomic E-state index is 11.4. The Balaban J connectivity index is 2.46. The number of rotatable bonds is 5. The Morgan fingerprint density at radius 3 is 2.57 bits per heavy atom. The van der Waals surface area contributed by atoms with E-state index in [1.54, 1.807) is 0 Å². The molecule has 0 saturated heterocycles. The Kier molecular flexibility index (Phi) is 3.07. The molecule has 1 fully saturated rings. The van der Waals surface area contributed by atoms with Crippen molar-refractivity contribution in [1.82, 2.24) is 5.32 Å². The number of carboxylic acids is 1. The summed E-state index contributed by atoms with van der Waals surface area (Å²) in [6, 6.07) is -1.02. The second-order valence-electron chi connectivity index (χ2n) is 3.48. The smallest absolute Gasteiger partial charge is 0.328 e. The number of hydrogen-bond donors (Lipinski definition) is 3. The number of methoxy groups -OCH3 is 1. The Morgan fingerprint density at radius 2 is 2.21 bits per heavy atom. The molecule has 0 aromatic carbocycles. The minimum absolute atomic E-state index is 0.0584. The van der Waals surface area contributed by atoms with Crippen LogP contribution in [0.15, 0.2) is 0 Å². The van der Waals surface area contributed by atoms with Crippen molar-refractivity contribution in [3.63, 3.8) is 0 Å². The zero-order chi connectivity index (χ0) is 10.8. The summed E-state index contributed by atoms with van der Waals surface area (Å²) in [6.45, 7) is -0.0584. The molecular formula is C8H14N2O4. The highest BCUT2D eigenvalue weighted by Crippen LogP contribution is 2.32. The molecule has 0 aliphatic heterocycles. The third-order valence-corrected chi connectivity index (χ3v) is 2.18. The van der Waals surface area contributed by atoms with E-state index in [4.69, 9.17) is 10.8 Å². The number of hydrogen-bond acceptors (Lipinski definition) is 4. The molecule has 1 aliphatic carbocycles. The van der Waals surface area contributed by atoms with Crippen molar-refractivity contribution in [2.75, 3.05) is 13.7 Å². The molecule has 1 rings (SSSR count). The van der Waals surface area contributed by atoms with Gasteiger partial charge in [0.1, 0.15) is 0 Å². The number of aliphatic carboxylic acids is 1. The molecule has 0 radical (unpaired) electrons. The quantitative estimate of drug-likeness (QED) is 0.514. The molecule has 0 heterocycles. The fourth-order valence-electron chi connectivity index (χ4n) is 1.01. The minimum atomic E-state index is -1.12. The first-order valence-electron chi connectivity index (χ1n) is 4.31. The van der Waals surface area contributed by atoms with Crippen LogP contribution in [0.25, 0.3) is 0 Å². The predicted molar refractivity (Wildman–Crippen MR) is 47.6 cm³/mol. The van der Waals surface area contributed by atoms with Gasteiger partial charge in [0, 0.05) is 7.11 Å². The first-order chi connectivity index (χ1) is 6.49. The van der Waals surface area contributed by atoms with Crippen molar-refractivity contribution in [3.05, 3.63) is 0 Å². The van der Waals surface area contributed by atoms with Crippen LogP contribution in [0, 0.1) is 0 Å². The SMILES string of the molecule is COCC(NC(=O)C1(N)CC1)C(=O)O. The van der Waals surface area contributed by atoms with Crippen molar-refractivity contribution in [2.24, 2.45) is 5.73 Å². The Labute approximate surface area is 81.4 Å².